The SMILES string of the molecule is CO[C@H]1CC[C@H](C)N2C[C@]13CCc1c(C(=O)NCc4ccc(F)cc4F)c(=O)c(O)c(n13)C2=O. The zero-order valence-electron chi connectivity index (χ0n) is 18.9. The van der Waals surface area contributed by atoms with Crippen LogP contribution in [0.5, 0.6) is 5.75 Å². The molecule has 1 aromatic carbocycles. The number of nitrogens with zero attached hydrogens (tertiary/aromatic N) is 2. The fraction of sp³-hybridized carbons (Fsp3) is 0.458. The lowest BCUT2D eigenvalue weighted by atomic mass is 9.86. The molecule has 1 saturated heterocycles. The van der Waals surface area contributed by atoms with Gasteiger partial charge in [-0.05, 0) is 38.7 Å². The quantitative estimate of drug-likeness (QED) is 0.708. The van der Waals surface area contributed by atoms with Crippen LogP contribution in [0.3, 0.4) is 0 Å². The third kappa shape index (κ3) is 3.08. The highest BCUT2D eigenvalue weighted by Gasteiger charge is 2.56. The van der Waals surface area contributed by atoms with Crippen LogP contribution in [0.2, 0.25) is 0 Å². The second-order valence-electron chi connectivity index (χ2n) is 9.29. The van der Waals surface area contributed by atoms with Crippen molar-refractivity contribution in [3.8, 4) is 5.75 Å². The largest absolute Gasteiger partial charge is 0.503 e. The molecule has 0 saturated carbocycles. The fourth-order valence-corrected chi connectivity index (χ4v) is 5.81. The maximum atomic E-state index is 14.0. The van der Waals surface area contributed by atoms with E-state index < -0.39 is 40.2 Å². The van der Waals surface area contributed by atoms with E-state index in [4.69, 9.17) is 4.74 Å². The molecule has 2 N–H and O–H groups in total. The molecule has 1 spiro atoms. The van der Waals surface area contributed by atoms with E-state index in [0.29, 0.717) is 44.0 Å². The molecule has 2 amide bonds. The van der Waals surface area contributed by atoms with Gasteiger partial charge in [-0.2, -0.15) is 0 Å². The van der Waals surface area contributed by atoms with Gasteiger partial charge >= 0.3 is 0 Å². The Bertz CT molecular complexity index is 1280. The van der Waals surface area contributed by atoms with Crippen LogP contribution in [0.4, 0.5) is 8.78 Å². The van der Waals surface area contributed by atoms with Gasteiger partial charge in [0.15, 0.2) is 11.4 Å². The molecule has 0 unspecified atom stereocenters. The number of aromatic nitrogens is 1. The molecule has 34 heavy (non-hydrogen) atoms. The van der Waals surface area contributed by atoms with Gasteiger partial charge in [0.2, 0.25) is 5.43 Å². The molecular formula is C24H25F2N3O5. The average molecular weight is 473 g/mol. The van der Waals surface area contributed by atoms with E-state index in [1.54, 1.807) is 16.6 Å². The van der Waals surface area contributed by atoms with E-state index in [1.807, 2.05) is 6.92 Å². The number of rotatable bonds is 4. The Hall–Kier alpha value is -3.27. The summed E-state index contributed by atoms with van der Waals surface area (Å²) in [4.78, 5) is 41.3. The van der Waals surface area contributed by atoms with E-state index in [2.05, 4.69) is 5.32 Å². The van der Waals surface area contributed by atoms with Gasteiger partial charge in [-0.25, -0.2) is 8.78 Å². The lowest BCUT2D eigenvalue weighted by molar-refractivity contribution is -0.0199. The number of hydrogen-bond donors (Lipinski definition) is 2. The highest BCUT2D eigenvalue weighted by Crippen LogP contribution is 2.47. The molecule has 0 aliphatic carbocycles. The Kier molecular flexibility index (Phi) is 5.23. The van der Waals surface area contributed by atoms with Gasteiger partial charge < -0.3 is 24.6 Å². The van der Waals surface area contributed by atoms with Crippen LogP contribution in [-0.4, -0.2) is 52.2 Å². The zero-order chi connectivity index (χ0) is 24.4. The normalized spacial score (nSPS) is 25.2. The van der Waals surface area contributed by atoms with Gasteiger partial charge in [-0.15, -0.1) is 0 Å². The first-order valence-electron chi connectivity index (χ1n) is 11.3. The van der Waals surface area contributed by atoms with Gasteiger partial charge in [0.1, 0.15) is 17.2 Å². The third-order valence-electron chi connectivity index (χ3n) is 7.54. The average Bonchev–Trinajstić information content (AvgIpc) is 3.11. The van der Waals surface area contributed by atoms with Crippen molar-refractivity contribution in [2.24, 2.45) is 0 Å². The van der Waals surface area contributed by atoms with Crippen LogP contribution >= 0.6 is 0 Å². The summed E-state index contributed by atoms with van der Waals surface area (Å²) in [5.74, 6) is -3.58. The van der Waals surface area contributed by atoms with Crippen molar-refractivity contribution in [3.05, 3.63) is 62.6 Å². The molecule has 8 nitrogen and oxygen atoms in total. The van der Waals surface area contributed by atoms with Crippen molar-refractivity contribution in [2.45, 2.75) is 56.8 Å². The van der Waals surface area contributed by atoms with Crippen molar-refractivity contribution in [3.63, 3.8) is 0 Å². The summed E-state index contributed by atoms with van der Waals surface area (Å²) < 4.78 is 34.7. The minimum absolute atomic E-state index is 0.0490. The summed E-state index contributed by atoms with van der Waals surface area (Å²) in [6.07, 6.45) is 1.98. The highest BCUT2D eigenvalue weighted by atomic mass is 19.1. The number of aromatic hydroxyl groups is 1. The number of nitrogens with one attached hydrogen (secondary N) is 1. The predicted molar refractivity (Wildman–Crippen MR) is 117 cm³/mol. The molecule has 10 heteroatoms. The predicted octanol–water partition coefficient (Wildman–Crippen LogP) is 2.06. The smallest absolute Gasteiger partial charge is 0.274 e. The number of pyridine rings is 1. The summed E-state index contributed by atoms with van der Waals surface area (Å²) in [7, 11) is 1.60. The molecular weight excluding hydrogens is 448 g/mol. The number of carbonyl (C=O) groups is 2. The van der Waals surface area contributed by atoms with Crippen molar-refractivity contribution < 1.29 is 28.2 Å². The number of ether oxygens (including phenoxy) is 1. The van der Waals surface area contributed by atoms with E-state index >= 15 is 0 Å². The lowest BCUT2D eigenvalue weighted by Gasteiger charge is -2.46. The first kappa shape index (κ1) is 22.5. The number of halogens is 2. The second kappa shape index (κ2) is 7.90. The van der Waals surface area contributed by atoms with Gasteiger partial charge in [0.05, 0.1) is 11.6 Å². The topological polar surface area (TPSA) is 101 Å². The number of carbonyl (C=O) groups excluding carboxylic acids is 2. The molecule has 5 rings (SSSR count). The molecule has 3 atom stereocenters. The van der Waals surface area contributed by atoms with E-state index in [-0.39, 0.29) is 35.5 Å². The van der Waals surface area contributed by atoms with Crippen LogP contribution in [0.15, 0.2) is 23.0 Å². The zero-order valence-corrected chi connectivity index (χ0v) is 18.9. The van der Waals surface area contributed by atoms with Crippen LogP contribution in [0.25, 0.3) is 0 Å². The van der Waals surface area contributed by atoms with Crippen molar-refractivity contribution in [2.75, 3.05) is 13.7 Å². The Morgan fingerprint density at radius 1 is 1.29 bits per heavy atom. The highest BCUT2D eigenvalue weighted by molar-refractivity contribution is 6.00. The third-order valence-corrected chi connectivity index (χ3v) is 7.54. The summed E-state index contributed by atoms with van der Waals surface area (Å²) in [5, 5.41) is 13.4. The molecule has 3 aliphatic heterocycles. The molecule has 1 fully saturated rings. The molecule has 4 heterocycles. The minimum Gasteiger partial charge on any atom is -0.503 e. The molecule has 180 valence electrons. The monoisotopic (exact) mass is 473 g/mol. The first-order chi connectivity index (χ1) is 16.2. The summed E-state index contributed by atoms with van der Waals surface area (Å²) >= 11 is 0. The van der Waals surface area contributed by atoms with Crippen LogP contribution < -0.4 is 10.7 Å². The van der Waals surface area contributed by atoms with Gasteiger partial charge in [-0.3, -0.25) is 14.4 Å². The molecule has 2 bridgehead atoms. The number of methoxy groups -OCH3 is 1. The number of fused-ring (bicyclic) bond motifs is 1. The maximum Gasteiger partial charge on any atom is 0.274 e. The van der Waals surface area contributed by atoms with Crippen molar-refractivity contribution in [1.29, 1.82) is 0 Å². The van der Waals surface area contributed by atoms with Gasteiger partial charge in [0.25, 0.3) is 11.8 Å². The Morgan fingerprint density at radius 3 is 2.76 bits per heavy atom. The first-order valence-corrected chi connectivity index (χ1v) is 11.3. The standard InChI is InChI=1S/C24H25F2N3O5/c1-12-3-6-17(34-2)24-8-7-16-18(22(32)27-10-13-4-5-14(25)9-15(13)26)20(30)21(31)19(29(16)24)23(33)28(12)11-24/h4-5,9,12,17,31H,3,6-8,10-11H2,1-2H3,(H,27,32)/t12-,17-,24+/m0/s1. The van der Waals surface area contributed by atoms with E-state index in [1.165, 1.54) is 6.07 Å². The van der Waals surface area contributed by atoms with E-state index in [0.717, 1.165) is 6.07 Å². The second-order valence-corrected chi connectivity index (χ2v) is 9.29. The van der Waals surface area contributed by atoms with Crippen LogP contribution in [0.1, 0.15) is 58.3 Å². The van der Waals surface area contributed by atoms with Crippen LogP contribution in [-0.2, 0) is 23.2 Å². The number of benzene rings is 1. The molecule has 3 aliphatic rings. The summed E-state index contributed by atoms with van der Waals surface area (Å²) in [5.41, 5.74) is -1.62. The fourth-order valence-electron chi connectivity index (χ4n) is 5.81. The number of hydrogen-bond acceptors (Lipinski definition) is 5. The maximum absolute atomic E-state index is 14.0. The summed E-state index contributed by atoms with van der Waals surface area (Å²) in [6, 6.07) is 2.90. The van der Waals surface area contributed by atoms with Gasteiger partial charge in [0, 0.05) is 43.6 Å². The molecule has 1 aromatic heterocycles. The Balaban J connectivity index is 1.61. The Morgan fingerprint density at radius 2 is 2.06 bits per heavy atom. The van der Waals surface area contributed by atoms with Crippen molar-refractivity contribution in [1.82, 2.24) is 14.8 Å². The molecule has 2 aromatic rings. The number of amides is 2. The van der Waals surface area contributed by atoms with Crippen LogP contribution in [0, 0.1) is 11.6 Å². The Labute approximate surface area is 194 Å². The minimum atomic E-state index is -0.940. The lowest BCUT2D eigenvalue weighted by Crippen LogP contribution is -2.58. The summed E-state index contributed by atoms with van der Waals surface area (Å²) in [6.45, 7) is 2.01. The van der Waals surface area contributed by atoms with Crippen molar-refractivity contribution >= 4 is 11.8 Å². The van der Waals surface area contributed by atoms with E-state index in [9.17, 15) is 28.3 Å². The van der Waals surface area contributed by atoms with Gasteiger partial charge in [-0.1, -0.05) is 6.07 Å². The molecule has 0 radical (unpaired) electrons.